The third kappa shape index (κ3) is 3.74. The SMILES string of the molecule is CC(C)c1cccc(OC2CC3(C2)CN(C(=O)[C@H]2C[C@@](C)(O)C2)C3)c1C(F)(F)F. The summed E-state index contributed by atoms with van der Waals surface area (Å²) in [6, 6.07) is 4.53. The minimum atomic E-state index is -4.46. The van der Waals surface area contributed by atoms with Gasteiger partial charge in [-0.1, -0.05) is 26.0 Å². The van der Waals surface area contributed by atoms with E-state index < -0.39 is 17.3 Å². The van der Waals surface area contributed by atoms with Gasteiger partial charge in [0.2, 0.25) is 5.91 Å². The zero-order valence-corrected chi connectivity index (χ0v) is 17.1. The third-order valence-corrected chi connectivity index (χ3v) is 6.66. The van der Waals surface area contributed by atoms with Gasteiger partial charge in [0.15, 0.2) is 0 Å². The molecule has 0 radical (unpaired) electrons. The number of likely N-dealkylation sites (tertiary alicyclic amines) is 1. The van der Waals surface area contributed by atoms with Crippen molar-refractivity contribution in [2.75, 3.05) is 13.1 Å². The van der Waals surface area contributed by atoms with Crippen molar-refractivity contribution in [1.82, 2.24) is 4.90 Å². The number of hydrogen-bond acceptors (Lipinski definition) is 3. The van der Waals surface area contributed by atoms with E-state index >= 15 is 0 Å². The summed E-state index contributed by atoms with van der Waals surface area (Å²) in [7, 11) is 0. The van der Waals surface area contributed by atoms with Crippen molar-refractivity contribution in [3.63, 3.8) is 0 Å². The summed E-state index contributed by atoms with van der Waals surface area (Å²) < 4.78 is 46.7. The minimum Gasteiger partial charge on any atom is -0.490 e. The molecular formula is C22H28F3NO3. The molecule has 1 N–H and O–H groups in total. The van der Waals surface area contributed by atoms with Crippen LogP contribution in [0.5, 0.6) is 5.75 Å². The van der Waals surface area contributed by atoms with E-state index in [0.29, 0.717) is 38.8 Å². The van der Waals surface area contributed by atoms with Gasteiger partial charge < -0.3 is 14.7 Å². The number of carbonyl (C=O) groups is 1. The number of nitrogens with zero attached hydrogens (tertiary/aromatic N) is 1. The Morgan fingerprint density at radius 3 is 2.34 bits per heavy atom. The van der Waals surface area contributed by atoms with E-state index in [0.717, 1.165) is 0 Å². The van der Waals surface area contributed by atoms with Gasteiger partial charge in [0.05, 0.1) is 5.60 Å². The van der Waals surface area contributed by atoms with Gasteiger partial charge in [0.25, 0.3) is 0 Å². The van der Waals surface area contributed by atoms with Crippen LogP contribution >= 0.6 is 0 Å². The Morgan fingerprint density at radius 2 is 1.83 bits per heavy atom. The Balaban J connectivity index is 1.34. The highest BCUT2D eigenvalue weighted by molar-refractivity contribution is 5.81. The number of ether oxygens (including phenoxy) is 1. The quantitative estimate of drug-likeness (QED) is 0.801. The molecule has 29 heavy (non-hydrogen) atoms. The van der Waals surface area contributed by atoms with Gasteiger partial charge in [-0.25, -0.2) is 0 Å². The number of carbonyl (C=O) groups excluding carboxylic acids is 1. The lowest BCUT2D eigenvalue weighted by atomic mass is 9.61. The van der Waals surface area contributed by atoms with Crippen LogP contribution in [0.3, 0.4) is 0 Å². The summed E-state index contributed by atoms with van der Waals surface area (Å²) in [6.45, 7) is 6.51. The third-order valence-electron chi connectivity index (χ3n) is 6.66. The smallest absolute Gasteiger partial charge is 0.420 e. The molecule has 1 saturated heterocycles. The fourth-order valence-corrected chi connectivity index (χ4v) is 5.21. The number of hydrogen-bond donors (Lipinski definition) is 1. The maximum Gasteiger partial charge on any atom is 0.420 e. The summed E-state index contributed by atoms with van der Waals surface area (Å²) in [6.07, 6.45) is -2.35. The molecule has 0 bridgehead atoms. The molecule has 1 aromatic carbocycles. The summed E-state index contributed by atoms with van der Waals surface area (Å²) in [5.41, 5.74) is -1.15. The van der Waals surface area contributed by atoms with Crippen molar-refractivity contribution in [3.8, 4) is 5.75 Å². The van der Waals surface area contributed by atoms with Crippen LogP contribution in [-0.4, -0.2) is 40.7 Å². The van der Waals surface area contributed by atoms with E-state index in [2.05, 4.69) is 0 Å². The molecule has 2 aliphatic carbocycles. The molecule has 160 valence electrons. The van der Waals surface area contributed by atoms with Gasteiger partial charge in [0, 0.05) is 24.4 Å². The van der Waals surface area contributed by atoms with Crippen molar-refractivity contribution >= 4 is 5.91 Å². The molecule has 1 aliphatic heterocycles. The predicted molar refractivity (Wildman–Crippen MR) is 102 cm³/mol. The Hall–Kier alpha value is -1.76. The molecule has 0 unspecified atom stereocenters. The first-order valence-electron chi connectivity index (χ1n) is 10.3. The van der Waals surface area contributed by atoms with E-state index in [-0.39, 0.29) is 40.6 Å². The normalized spacial score (nSPS) is 28.7. The zero-order chi connectivity index (χ0) is 21.2. The first-order valence-corrected chi connectivity index (χ1v) is 10.3. The largest absolute Gasteiger partial charge is 0.490 e. The van der Waals surface area contributed by atoms with E-state index in [1.807, 2.05) is 4.90 Å². The number of alkyl halides is 3. The van der Waals surface area contributed by atoms with Crippen molar-refractivity contribution < 1.29 is 27.8 Å². The van der Waals surface area contributed by atoms with Crippen LogP contribution in [0, 0.1) is 11.3 Å². The number of benzene rings is 1. The van der Waals surface area contributed by atoms with Crippen molar-refractivity contribution in [1.29, 1.82) is 0 Å². The number of rotatable bonds is 4. The van der Waals surface area contributed by atoms with Gasteiger partial charge in [-0.2, -0.15) is 13.2 Å². The number of aliphatic hydroxyl groups is 1. The van der Waals surface area contributed by atoms with Gasteiger partial charge in [0.1, 0.15) is 17.4 Å². The van der Waals surface area contributed by atoms with Gasteiger partial charge in [-0.3, -0.25) is 4.79 Å². The first-order chi connectivity index (χ1) is 13.4. The van der Waals surface area contributed by atoms with Gasteiger partial charge in [-0.15, -0.1) is 0 Å². The van der Waals surface area contributed by atoms with E-state index in [9.17, 15) is 23.1 Å². The number of amides is 1. The first kappa shape index (κ1) is 20.5. The average molecular weight is 411 g/mol. The lowest BCUT2D eigenvalue weighted by Crippen LogP contribution is -2.67. The lowest BCUT2D eigenvalue weighted by Gasteiger charge is -2.59. The van der Waals surface area contributed by atoms with Crippen LogP contribution < -0.4 is 4.74 Å². The van der Waals surface area contributed by atoms with Crippen LogP contribution in [0.15, 0.2) is 18.2 Å². The molecule has 4 nitrogen and oxygen atoms in total. The van der Waals surface area contributed by atoms with Crippen LogP contribution in [-0.2, 0) is 11.0 Å². The van der Waals surface area contributed by atoms with Crippen molar-refractivity contribution in [2.24, 2.45) is 11.3 Å². The Kier molecular flexibility index (Phi) is 4.68. The summed E-state index contributed by atoms with van der Waals surface area (Å²) >= 11 is 0. The molecule has 3 fully saturated rings. The Bertz CT molecular complexity index is 796. The van der Waals surface area contributed by atoms with E-state index in [1.165, 1.54) is 12.1 Å². The highest BCUT2D eigenvalue weighted by atomic mass is 19.4. The second-order valence-electron chi connectivity index (χ2n) is 9.82. The van der Waals surface area contributed by atoms with E-state index in [1.54, 1.807) is 26.8 Å². The highest BCUT2D eigenvalue weighted by Crippen LogP contribution is 2.52. The van der Waals surface area contributed by atoms with Crippen LogP contribution in [0.25, 0.3) is 0 Å². The zero-order valence-electron chi connectivity index (χ0n) is 17.1. The molecule has 1 heterocycles. The molecule has 1 spiro atoms. The maximum atomic E-state index is 13.6. The van der Waals surface area contributed by atoms with Crippen molar-refractivity contribution in [3.05, 3.63) is 29.3 Å². The lowest BCUT2D eigenvalue weighted by molar-refractivity contribution is -0.175. The second-order valence-corrected chi connectivity index (χ2v) is 9.82. The standard InChI is InChI=1S/C22H28F3NO3/c1-13(2)16-5-4-6-17(18(16)22(23,24)25)29-15-9-21(10-15)11-26(12-21)19(27)14-7-20(3,28)8-14/h4-6,13-15,28H,7-12H2,1-3H3/t14-,20+. The molecule has 2 saturated carbocycles. The molecule has 7 heteroatoms. The molecule has 1 aromatic rings. The fourth-order valence-electron chi connectivity index (χ4n) is 5.21. The molecule has 4 rings (SSSR count). The summed E-state index contributed by atoms with van der Waals surface area (Å²) in [5, 5.41) is 9.81. The van der Waals surface area contributed by atoms with Crippen LogP contribution in [0.4, 0.5) is 13.2 Å². The van der Waals surface area contributed by atoms with E-state index in [4.69, 9.17) is 4.74 Å². The molecule has 0 atom stereocenters. The summed E-state index contributed by atoms with van der Waals surface area (Å²) in [5.74, 6) is -0.341. The van der Waals surface area contributed by atoms with Crippen LogP contribution in [0.2, 0.25) is 0 Å². The molecular weight excluding hydrogens is 383 g/mol. The predicted octanol–water partition coefficient (Wildman–Crippen LogP) is 4.36. The van der Waals surface area contributed by atoms with Crippen LogP contribution in [0.1, 0.15) is 63.5 Å². The average Bonchev–Trinajstić information content (AvgIpc) is 2.51. The van der Waals surface area contributed by atoms with Gasteiger partial charge >= 0.3 is 6.18 Å². The highest BCUT2D eigenvalue weighted by Gasteiger charge is 2.57. The fraction of sp³-hybridized carbons (Fsp3) is 0.682. The maximum absolute atomic E-state index is 13.6. The second kappa shape index (κ2) is 6.62. The number of halogens is 3. The van der Waals surface area contributed by atoms with Crippen molar-refractivity contribution in [2.45, 2.75) is 70.3 Å². The Morgan fingerprint density at radius 1 is 1.21 bits per heavy atom. The molecule has 0 aromatic heterocycles. The molecule has 3 aliphatic rings. The topological polar surface area (TPSA) is 49.8 Å². The minimum absolute atomic E-state index is 0.0132. The Labute approximate surface area is 169 Å². The monoisotopic (exact) mass is 411 g/mol. The van der Waals surface area contributed by atoms with Gasteiger partial charge in [-0.05, 0) is 50.2 Å². The summed E-state index contributed by atoms with van der Waals surface area (Å²) in [4.78, 5) is 14.2. The molecule has 1 amide bonds.